The second kappa shape index (κ2) is 6.57. The molecule has 2 saturated heterocycles. The van der Waals surface area contributed by atoms with E-state index in [4.69, 9.17) is 0 Å². The van der Waals surface area contributed by atoms with Crippen molar-refractivity contribution in [2.45, 2.75) is 12.5 Å². The molecule has 120 valence electrons. The molecule has 1 atom stereocenters. The molecule has 0 radical (unpaired) electrons. The first-order valence-electron chi connectivity index (χ1n) is 7.76. The van der Waals surface area contributed by atoms with Gasteiger partial charge < -0.3 is 20.4 Å². The fourth-order valence-corrected chi connectivity index (χ4v) is 3.05. The predicted molar refractivity (Wildman–Crippen MR) is 84.9 cm³/mol. The van der Waals surface area contributed by atoms with Crippen molar-refractivity contribution in [3.8, 4) is 6.07 Å². The lowest BCUT2D eigenvalue weighted by Gasteiger charge is -2.25. The standard InChI is InChI=1S/C16H19N5O2/c17-10-12-4-1-2-5-14(12)20-6-3-7-21(9-8-20)15(22)13-11-18-16(23)19-13/h1-2,4-5,13H,3,6-9,11H2,(H2,18,19,23)/t13-/m1/s1. The lowest BCUT2D eigenvalue weighted by atomic mass is 10.1. The third-order valence-corrected chi connectivity index (χ3v) is 4.24. The molecule has 3 rings (SSSR count). The first-order valence-corrected chi connectivity index (χ1v) is 7.76. The van der Waals surface area contributed by atoms with Crippen LogP contribution in [-0.2, 0) is 4.79 Å². The summed E-state index contributed by atoms with van der Waals surface area (Å²) in [6.45, 7) is 3.08. The summed E-state index contributed by atoms with van der Waals surface area (Å²) in [6, 6.07) is 8.98. The molecule has 0 saturated carbocycles. The first-order chi connectivity index (χ1) is 11.2. The zero-order valence-electron chi connectivity index (χ0n) is 12.8. The van der Waals surface area contributed by atoms with Crippen LogP contribution in [0, 0.1) is 11.3 Å². The highest BCUT2D eigenvalue weighted by atomic mass is 16.2. The van der Waals surface area contributed by atoms with Gasteiger partial charge in [-0.3, -0.25) is 4.79 Å². The van der Waals surface area contributed by atoms with Crippen molar-refractivity contribution in [1.29, 1.82) is 5.26 Å². The number of hydrogen-bond acceptors (Lipinski definition) is 4. The average molecular weight is 313 g/mol. The van der Waals surface area contributed by atoms with E-state index in [1.165, 1.54) is 0 Å². The summed E-state index contributed by atoms with van der Waals surface area (Å²) < 4.78 is 0. The van der Waals surface area contributed by atoms with Crippen LogP contribution in [-0.4, -0.2) is 55.6 Å². The Kier molecular flexibility index (Phi) is 4.33. The molecule has 0 aromatic heterocycles. The van der Waals surface area contributed by atoms with E-state index in [1.807, 2.05) is 24.3 Å². The minimum Gasteiger partial charge on any atom is -0.369 e. The Hall–Kier alpha value is -2.75. The maximum absolute atomic E-state index is 12.5. The molecule has 2 N–H and O–H groups in total. The van der Waals surface area contributed by atoms with Crippen molar-refractivity contribution >= 4 is 17.6 Å². The van der Waals surface area contributed by atoms with Crippen LogP contribution in [0.2, 0.25) is 0 Å². The number of nitrogens with zero attached hydrogens (tertiary/aromatic N) is 3. The van der Waals surface area contributed by atoms with Gasteiger partial charge >= 0.3 is 6.03 Å². The normalized spacial score (nSPS) is 21.2. The zero-order valence-corrected chi connectivity index (χ0v) is 12.8. The highest BCUT2D eigenvalue weighted by Crippen LogP contribution is 2.21. The Morgan fingerprint density at radius 1 is 1.22 bits per heavy atom. The maximum Gasteiger partial charge on any atom is 0.315 e. The number of nitrogens with one attached hydrogen (secondary N) is 2. The molecule has 0 aliphatic carbocycles. The molecule has 2 fully saturated rings. The van der Waals surface area contributed by atoms with Crippen LogP contribution in [0.1, 0.15) is 12.0 Å². The number of para-hydroxylation sites is 1. The van der Waals surface area contributed by atoms with E-state index in [0.717, 1.165) is 18.7 Å². The molecule has 1 aromatic rings. The van der Waals surface area contributed by atoms with Gasteiger partial charge in [-0.1, -0.05) is 12.1 Å². The summed E-state index contributed by atoms with van der Waals surface area (Å²) in [4.78, 5) is 27.6. The Bertz CT molecular complexity index is 654. The molecule has 3 amide bonds. The summed E-state index contributed by atoms with van der Waals surface area (Å²) in [7, 11) is 0. The first kappa shape index (κ1) is 15.2. The minimum atomic E-state index is -0.472. The molecular weight excluding hydrogens is 294 g/mol. The van der Waals surface area contributed by atoms with E-state index in [0.29, 0.717) is 31.7 Å². The fraction of sp³-hybridized carbons (Fsp3) is 0.438. The van der Waals surface area contributed by atoms with E-state index in [1.54, 1.807) is 4.90 Å². The van der Waals surface area contributed by atoms with Crippen LogP contribution in [0.15, 0.2) is 24.3 Å². The van der Waals surface area contributed by atoms with Gasteiger partial charge in [-0.05, 0) is 18.6 Å². The van der Waals surface area contributed by atoms with Crippen LogP contribution >= 0.6 is 0 Å². The molecular formula is C16H19N5O2. The summed E-state index contributed by atoms with van der Waals surface area (Å²) in [5.74, 6) is -0.0428. The van der Waals surface area contributed by atoms with E-state index >= 15 is 0 Å². The Balaban J connectivity index is 1.66. The second-order valence-electron chi connectivity index (χ2n) is 5.70. The number of carbonyl (C=O) groups excluding carboxylic acids is 2. The highest BCUT2D eigenvalue weighted by molar-refractivity contribution is 5.90. The van der Waals surface area contributed by atoms with Crippen molar-refractivity contribution in [3.63, 3.8) is 0 Å². The van der Waals surface area contributed by atoms with Gasteiger partial charge in [0.1, 0.15) is 12.1 Å². The molecule has 0 unspecified atom stereocenters. The van der Waals surface area contributed by atoms with Crippen LogP contribution in [0.3, 0.4) is 0 Å². The third kappa shape index (κ3) is 3.21. The van der Waals surface area contributed by atoms with E-state index < -0.39 is 6.04 Å². The molecule has 7 heteroatoms. The Labute approximate surface area is 134 Å². The van der Waals surface area contributed by atoms with Gasteiger partial charge in [-0.15, -0.1) is 0 Å². The molecule has 7 nitrogen and oxygen atoms in total. The summed E-state index contributed by atoms with van der Waals surface area (Å²) in [5.41, 5.74) is 1.57. The second-order valence-corrected chi connectivity index (χ2v) is 5.70. The van der Waals surface area contributed by atoms with Crippen molar-refractivity contribution < 1.29 is 9.59 Å². The molecule has 23 heavy (non-hydrogen) atoms. The van der Waals surface area contributed by atoms with Crippen molar-refractivity contribution in [1.82, 2.24) is 15.5 Å². The van der Waals surface area contributed by atoms with Crippen LogP contribution in [0.25, 0.3) is 0 Å². The summed E-state index contributed by atoms with van der Waals surface area (Å²) in [6.07, 6.45) is 0.833. The number of nitriles is 1. The van der Waals surface area contributed by atoms with Gasteiger partial charge in [0.05, 0.1) is 11.3 Å². The summed E-state index contributed by atoms with van der Waals surface area (Å²) >= 11 is 0. The molecule has 2 heterocycles. The SMILES string of the molecule is N#Cc1ccccc1N1CCCN(C(=O)[C@H]2CNC(=O)N2)CC1. The lowest BCUT2D eigenvalue weighted by Crippen LogP contribution is -2.46. The van der Waals surface area contributed by atoms with Crippen LogP contribution < -0.4 is 15.5 Å². The van der Waals surface area contributed by atoms with Gasteiger partial charge in [-0.2, -0.15) is 5.26 Å². The summed E-state index contributed by atoms with van der Waals surface area (Å²) in [5, 5.41) is 14.5. The van der Waals surface area contributed by atoms with Gasteiger partial charge in [0.25, 0.3) is 0 Å². The number of rotatable bonds is 2. The van der Waals surface area contributed by atoms with Gasteiger partial charge in [-0.25, -0.2) is 4.79 Å². The fourth-order valence-electron chi connectivity index (χ4n) is 3.05. The Morgan fingerprint density at radius 3 is 2.78 bits per heavy atom. The number of anilines is 1. The van der Waals surface area contributed by atoms with Crippen molar-refractivity contribution in [2.75, 3.05) is 37.6 Å². The monoisotopic (exact) mass is 313 g/mol. The molecule has 1 aromatic carbocycles. The minimum absolute atomic E-state index is 0.0428. The number of carbonyl (C=O) groups is 2. The van der Waals surface area contributed by atoms with Crippen LogP contribution in [0.5, 0.6) is 0 Å². The zero-order chi connectivity index (χ0) is 16.2. The van der Waals surface area contributed by atoms with E-state index in [2.05, 4.69) is 21.6 Å². The van der Waals surface area contributed by atoms with Crippen molar-refractivity contribution in [3.05, 3.63) is 29.8 Å². The topological polar surface area (TPSA) is 88.5 Å². The number of hydrogen-bond donors (Lipinski definition) is 2. The molecule has 2 aliphatic heterocycles. The Morgan fingerprint density at radius 2 is 2.04 bits per heavy atom. The number of urea groups is 1. The smallest absolute Gasteiger partial charge is 0.315 e. The van der Waals surface area contributed by atoms with Crippen molar-refractivity contribution in [2.24, 2.45) is 0 Å². The number of amides is 3. The molecule has 2 aliphatic rings. The largest absolute Gasteiger partial charge is 0.369 e. The molecule has 0 spiro atoms. The average Bonchev–Trinajstić information content (AvgIpc) is 2.87. The quantitative estimate of drug-likeness (QED) is 0.821. The number of benzene rings is 1. The van der Waals surface area contributed by atoms with Gasteiger partial charge in [0.15, 0.2) is 0 Å². The third-order valence-electron chi connectivity index (χ3n) is 4.24. The van der Waals surface area contributed by atoms with Gasteiger partial charge in [0, 0.05) is 32.7 Å². The van der Waals surface area contributed by atoms with E-state index in [-0.39, 0.29) is 11.9 Å². The maximum atomic E-state index is 12.5. The van der Waals surface area contributed by atoms with E-state index in [9.17, 15) is 14.9 Å². The van der Waals surface area contributed by atoms with Crippen LogP contribution in [0.4, 0.5) is 10.5 Å². The molecule has 0 bridgehead atoms. The van der Waals surface area contributed by atoms with Gasteiger partial charge in [0.2, 0.25) is 5.91 Å². The lowest BCUT2D eigenvalue weighted by molar-refractivity contribution is -0.132. The highest BCUT2D eigenvalue weighted by Gasteiger charge is 2.31. The predicted octanol–water partition coefficient (Wildman–Crippen LogP) is 0.278.